The summed E-state index contributed by atoms with van der Waals surface area (Å²) in [7, 11) is 0. The van der Waals surface area contributed by atoms with Crippen molar-refractivity contribution in [2.75, 3.05) is 6.61 Å². The first-order valence-electron chi connectivity index (χ1n) is 4.72. The second kappa shape index (κ2) is 4.37. The van der Waals surface area contributed by atoms with Crippen LogP contribution in [0.3, 0.4) is 0 Å². The molecule has 0 atom stereocenters. The molecule has 0 bridgehead atoms. The van der Waals surface area contributed by atoms with Gasteiger partial charge in [-0.05, 0) is 6.07 Å². The van der Waals surface area contributed by atoms with Gasteiger partial charge in [0.25, 0.3) is 0 Å². The van der Waals surface area contributed by atoms with Gasteiger partial charge in [0, 0.05) is 10.8 Å². The number of carbonyl (C=O) groups is 1. The number of ether oxygens (including phenoxy) is 1. The second-order valence-corrected chi connectivity index (χ2v) is 4.17. The van der Waals surface area contributed by atoms with Crippen molar-refractivity contribution in [3.8, 4) is 5.06 Å². The molecule has 2 rings (SSSR count). The Balaban J connectivity index is 2.44. The van der Waals surface area contributed by atoms with Gasteiger partial charge < -0.3 is 9.84 Å². The molecule has 3 nitrogen and oxygen atoms in total. The third-order valence-corrected chi connectivity index (χ3v) is 3.12. The van der Waals surface area contributed by atoms with E-state index in [1.54, 1.807) is 12.1 Å². The van der Waals surface area contributed by atoms with Crippen molar-refractivity contribution < 1.29 is 14.6 Å². The summed E-state index contributed by atoms with van der Waals surface area (Å²) in [6.45, 7) is 3.64. The van der Waals surface area contributed by atoms with E-state index in [9.17, 15) is 9.90 Å². The molecule has 2 aromatic rings. The summed E-state index contributed by atoms with van der Waals surface area (Å²) in [5, 5.41) is 11.2. The molecule has 16 heavy (non-hydrogen) atoms. The SMILES string of the molecule is C=CCOC(=O)c1sc(O)c2ccccc12. The number of rotatable bonds is 3. The normalized spacial score (nSPS) is 10.2. The predicted molar refractivity (Wildman–Crippen MR) is 64.0 cm³/mol. The van der Waals surface area contributed by atoms with Crippen LogP contribution in [0.4, 0.5) is 0 Å². The highest BCUT2D eigenvalue weighted by Gasteiger charge is 2.17. The molecule has 0 aliphatic rings. The van der Waals surface area contributed by atoms with Crippen molar-refractivity contribution >= 4 is 28.1 Å². The molecule has 1 N–H and O–H groups in total. The molecular weight excluding hydrogens is 224 g/mol. The van der Waals surface area contributed by atoms with E-state index in [1.165, 1.54) is 6.08 Å². The summed E-state index contributed by atoms with van der Waals surface area (Å²) in [5.41, 5.74) is 0. The Morgan fingerprint density at radius 3 is 2.81 bits per heavy atom. The molecule has 0 amide bonds. The van der Waals surface area contributed by atoms with Crippen molar-refractivity contribution in [2.24, 2.45) is 0 Å². The fraction of sp³-hybridized carbons (Fsp3) is 0.0833. The Bertz CT molecular complexity index is 542. The van der Waals surface area contributed by atoms with Crippen LogP contribution in [0.15, 0.2) is 36.9 Å². The van der Waals surface area contributed by atoms with E-state index in [2.05, 4.69) is 6.58 Å². The van der Waals surface area contributed by atoms with Crippen LogP contribution < -0.4 is 0 Å². The number of hydrogen-bond donors (Lipinski definition) is 1. The Morgan fingerprint density at radius 1 is 1.44 bits per heavy atom. The molecule has 1 heterocycles. The predicted octanol–water partition coefficient (Wildman–Crippen LogP) is 2.95. The molecule has 0 spiro atoms. The Morgan fingerprint density at radius 2 is 2.12 bits per heavy atom. The molecule has 1 aromatic carbocycles. The summed E-state index contributed by atoms with van der Waals surface area (Å²) in [6, 6.07) is 7.19. The third kappa shape index (κ3) is 1.79. The molecular formula is C12H10O3S. The summed E-state index contributed by atoms with van der Waals surface area (Å²) in [5.74, 6) is -0.429. The summed E-state index contributed by atoms with van der Waals surface area (Å²) < 4.78 is 4.94. The van der Waals surface area contributed by atoms with Crippen molar-refractivity contribution in [3.05, 3.63) is 41.8 Å². The van der Waals surface area contributed by atoms with Gasteiger partial charge in [-0.15, -0.1) is 0 Å². The lowest BCUT2D eigenvalue weighted by molar-refractivity contribution is 0.0557. The van der Waals surface area contributed by atoms with Gasteiger partial charge >= 0.3 is 5.97 Å². The number of thiophene rings is 1. The minimum atomic E-state index is -0.429. The molecule has 0 radical (unpaired) electrons. The quantitative estimate of drug-likeness (QED) is 0.656. The van der Waals surface area contributed by atoms with Crippen LogP contribution in [0, 0.1) is 0 Å². The van der Waals surface area contributed by atoms with Gasteiger partial charge in [-0.3, -0.25) is 0 Å². The van der Waals surface area contributed by atoms with E-state index >= 15 is 0 Å². The third-order valence-electron chi connectivity index (χ3n) is 2.12. The van der Waals surface area contributed by atoms with E-state index in [-0.39, 0.29) is 11.7 Å². The number of aromatic hydroxyl groups is 1. The maximum atomic E-state index is 11.7. The van der Waals surface area contributed by atoms with Gasteiger partial charge in [0.15, 0.2) is 5.06 Å². The first-order valence-corrected chi connectivity index (χ1v) is 5.54. The highest BCUT2D eigenvalue weighted by atomic mass is 32.1. The first kappa shape index (κ1) is 10.7. The fourth-order valence-corrected chi connectivity index (χ4v) is 2.34. The molecule has 4 heteroatoms. The Kier molecular flexibility index (Phi) is 2.92. The summed E-state index contributed by atoms with van der Waals surface area (Å²) >= 11 is 1.03. The maximum absolute atomic E-state index is 11.7. The highest BCUT2D eigenvalue weighted by Crippen LogP contribution is 2.36. The topological polar surface area (TPSA) is 46.5 Å². The van der Waals surface area contributed by atoms with E-state index in [4.69, 9.17) is 4.74 Å². The lowest BCUT2D eigenvalue weighted by Gasteiger charge is -1.98. The zero-order valence-corrected chi connectivity index (χ0v) is 9.29. The number of fused-ring (bicyclic) bond motifs is 1. The smallest absolute Gasteiger partial charge is 0.349 e. The molecule has 0 unspecified atom stereocenters. The van der Waals surface area contributed by atoms with Gasteiger partial charge in [-0.25, -0.2) is 4.79 Å². The van der Waals surface area contributed by atoms with E-state index < -0.39 is 5.97 Å². The average Bonchev–Trinajstić information content (AvgIpc) is 2.65. The van der Waals surface area contributed by atoms with Crippen LogP contribution in [-0.4, -0.2) is 17.7 Å². The average molecular weight is 234 g/mol. The minimum absolute atomic E-state index is 0.140. The van der Waals surface area contributed by atoms with Gasteiger partial charge in [0.05, 0.1) is 0 Å². The van der Waals surface area contributed by atoms with Crippen molar-refractivity contribution in [2.45, 2.75) is 0 Å². The van der Waals surface area contributed by atoms with Crippen LogP contribution >= 0.6 is 11.3 Å². The van der Waals surface area contributed by atoms with Gasteiger partial charge in [0.1, 0.15) is 11.5 Å². The molecule has 1 aromatic heterocycles. The van der Waals surface area contributed by atoms with Crippen molar-refractivity contribution in [3.63, 3.8) is 0 Å². The van der Waals surface area contributed by atoms with E-state index in [1.807, 2.05) is 12.1 Å². The molecule has 0 saturated heterocycles. The van der Waals surface area contributed by atoms with Crippen LogP contribution in [0.5, 0.6) is 5.06 Å². The van der Waals surface area contributed by atoms with Crippen LogP contribution in [0.1, 0.15) is 9.67 Å². The molecule has 0 aliphatic carbocycles. The molecule has 0 aliphatic heterocycles. The van der Waals surface area contributed by atoms with Gasteiger partial charge in [-0.1, -0.05) is 42.2 Å². The minimum Gasteiger partial charge on any atom is -0.499 e. The Labute approximate surface area is 96.6 Å². The number of benzene rings is 1. The monoisotopic (exact) mass is 234 g/mol. The van der Waals surface area contributed by atoms with Crippen molar-refractivity contribution in [1.82, 2.24) is 0 Å². The van der Waals surface area contributed by atoms with Crippen molar-refractivity contribution in [1.29, 1.82) is 0 Å². The lowest BCUT2D eigenvalue weighted by Crippen LogP contribution is -2.02. The summed E-state index contributed by atoms with van der Waals surface area (Å²) in [4.78, 5) is 12.1. The van der Waals surface area contributed by atoms with Crippen LogP contribution in [-0.2, 0) is 4.74 Å². The fourth-order valence-electron chi connectivity index (χ4n) is 1.43. The largest absolute Gasteiger partial charge is 0.499 e. The number of hydrogen-bond acceptors (Lipinski definition) is 4. The maximum Gasteiger partial charge on any atom is 0.349 e. The zero-order valence-electron chi connectivity index (χ0n) is 8.47. The van der Waals surface area contributed by atoms with Gasteiger partial charge in [-0.2, -0.15) is 0 Å². The van der Waals surface area contributed by atoms with Gasteiger partial charge in [0.2, 0.25) is 0 Å². The molecule has 0 fully saturated rings. The first-order chi connectivity index (χ1) is 7.74. The lowest BCUT2D eigenvalue weighted by atomic mass is 10.2. The molecule has 82 valence electrons. The van der Waals surface area contributed by atoms with E-state index in [0.717, 1.165) is 16.7 Å². The summed E-state index contributed by atoms with van der Waals surface area (Å²) in [6.07, 6.45) is 1.51. The number of esters is 1. The number of carbonyl (C=O) groups excluding carboxylic acids is 1. The van der Waals surface area contributed by atoms with Crippen LogP contribution in [0.2, 0.25) is 0 Å². The second-order valence-electron chi connectivity index (χ2n) is 3.17. The van der Waals surface area contributed by atoms with E-state index in [0.29, 0.717) is 10.3 Å². The highest BCUT2D eigenvalue weighted by molar-refractivity contribution is 7.17. The zero-order chi connectivity index (χ0) is 11.5. The standard InChI is InChI=1S/C12H10O3S/c1-2-7-15-11(13)10-8-5-3-4-6-9(8)12(14)16-10/h2-6,14H,1,7H2. The van der Waals surface area contributed by atoms with Crippen LogP contribution in [0.25, 0.3) is 10.8 Å². The molecule has 0 saturated carbocycles. The Hall–Kier alpha value is -1.81.